The summed E-state index contributed by atoms with van der Waals surface area (Å²) < 4.78 is 23.8. The maximum absolute atomic E-state index is 12.6. The average molecular weight is 324 g/mol. The topological polar surface area (TPSA) is 77.9 Å². The van der Waals surface area contributed by atoms with Crippen LogP contribution in [0.15, 0.2) is 24.3 Å². The number of para-hydroxylation sites is 1. The summed E-state index contributed by atoms with van der Waals surface area (Å²) >= 11 is 0. The molecule has 1 N–H and O–H groups in total. The Kier molecular flexibility index (Phi) is 3.86. The maximum Gasteiger partial charge on any atom is 0.227 e. The molecule has 1 aromatic carbocycles. The highest BCUT2D eigenvalue weighted by Crippen LogP contribution is 2.27. The number of carbonyl (C=O) groups is 1. The van der Waals surface area contributed by atoms with Crippen molar-refractivity contribution in [1.82, 2.24) is 9.80 Å². The Morgan fingerprint density at radius 2 is 1.91 bits per heavy atom. The van der Waals surface area contributed by atoms with Crippen molar-refractivity contribution in [2.75, 3.05) is 31.6 Å². The van der Waals surface area contributed by atoms with Gasteiger partial charge in [0, 0.05) is 24.7 Å². The Labute approximate surface area is 130 Å². The lowest BCUT2D eigenvalue weighted by Crippen LogP contribution is -2.59. The van der Waals surface area contributed by atoms with Crippen molar-refractivity contribution >= 4 is 15.7 Å². The summed E-state index contributed by atoms with van der Waals surface area (Å²) in [5.41, 5.74) is 0.573. The molecule has 0 unspecified atom stereocenters. The summed E-state index contributed by atoms with van der Waals surface area (Å²) in [6, 6.07) is 6.35. The van der Waals surface area contributed by atoms with Crippen molar-refractivity contribution in [3.8, 4) is 5.75 Å². The third-order valence-corrected chi connectivity index (χ3v) is 6.31. The van der Waals surface area contributed by atoms with Crippen LogP contribution in [0.4, 0.5) is 0 Å². The minimum absolute atomic E-state index is 0.0362. The SMILES string of the molecule is CN1CCN(C(=O)Cc2ccccc2O)[C@@H]2CS(=O)(=O)C[C@@H]21. The van der Waals surface area contributed by atoms with Crippen LogP contribution in [0.5, 0.6) is 5.75 Å². The second kappa shape index (κ2) is 5.55. The highest BCUT2D eigenvalue weighted by atomic mass is 32.2. The van der Waals surface area contributed by atoms with Gasteiger partial charge < -0.3 is 10.0 Å². The number of hydrogen-bond acceptors (Lipinski definition) is 5. The van der Waals surface area contributed by atoms with Crippen LogP contribution in [-0.2, 0) is 21.1 Å². The lowest BCUT2D eigenvalue weighted by molar-refractivity contribution is -0.135. The standard InChI is InChI=1S/C15H20N2O4S/c1-16-6-7-17(13-10-22(20,21)9-12(13)16)15(19)8-11-4-2-3-5-14(11)18/h2-5,12-13,18H,6-10H2,1H3/t12-,13+/m0/s1. The van der Waals surface area contributed by atoms with Crippen LogP contribution < -0.4 is 0 Å². The number of nitrogens with zero attached hydrogens (tertiary/aromatic N) is 2. The Morgan fingerprint density at radius 3 is 2.64 bits per heavy atom. The molecule has 2 atom stereocenters. The van der Waals surface area contributed by atoms with Gasteiger partial charge in [-0.3, -0.25) is 9.69 Å². The number of carbonyl (C=O) groups excluding carboxylic acids is 1. The Balaban J connectivity index is 1.79. The summed E-state index contributed by atoms with van der Waals surface area (Å²) in [5, 5.41) is 9.80. The molecule has 2 fully saturated rings. The minimum atomic E-state index is -3.09. The van der Waals surface area contributed by atoms with Crippen LogP contribution >= 0.6 is 0 Å². The molecule has 1 amide bonds. The number of rotatable bonds is 2. The van der Waals surface area contributed by atoms with Crippen molar-refractivity contribution in [2.24, 2.45) is 0 Å². The maximum atomic E-state index is 12.6. The lowest BCUT2D eigenvalue weighted by Gasteiger charge is -2.42. The molecule has 1 aromatic rings. The average Bonchev–Trinajstić information content (AvgIpc) is 2.78. The summed E-state index contributed by atoms with van der Waals surface area (Å²) in [6.45, 7) is 1.20. The fraction of sp³-hybridized carbons (Fsp3) is 0.533. The number of amides is 1. The van der Waals surface area contributed by atoms with Crippen LogP contribution in [0.2, 0.25) is 0 Å². The van der Waals surface area contributed by atoms with Gasteiger partial charge in [-0.05, 0) is 13.1 Å². The Bertz CT molecular complexity index is 689. The van der Waals surface area contributed by atoms with E-state index in [0.29, 0.717) is 18.7 Å². The van der Waals surface area contributed by atoms with Crippen LogP contribution in [0.25, 0.3) is 0 Å². The monoisotopic (exact) mass is 324 g/mol. The number of piperazine rings is 1. The predicted molar refractivity (Wildman–Crippen MR) is 82.4 cm³/mol. The lowest BCUT2D eigenvalue weighted by atomic mass is 10.0. The van der Waals surface area contributed by atoms with E-state index in [9.17, 15) is 18.3 Å². The van der Waals surface area contributed by atoms with Crippen LogP contribution in [-0.4, -0.2) is 73.0 Å². The summed E-state index contributed by atoms with van der Waals surface area (Å²) in [5.74, 6) is 0.130. The van der Waals surface area contributed by atoms with Gasteiger partial charge in [0.05, 0.1) is 24.0 Å². The molecule has 3 rings (SSSR count). The fourth-order valence-corrected chi connectivity index (χ4v) is 5.42. The molecule has 2 saturated heterocycles. The number of likely N-dealkylation sites (N-methyl/N-ethyl adjacent to an activating group) is 1. The first-order chi connectivity index (χ1) is 10.4. The van der Waals surface area contributed by atoms with E-state index in [2.05, 4.69) is 0 Å². The van der Waals surface area contributed by atoms with E-state index in [-0.39, 0.29) is 41.7 Å². The first-order valence-corrected chi connectivity index (χ1v) is 9.16. The molecular formula is C15H20N2O4S. The normalized spacial score (nSPS) is 27.6. The van der Waals surface area contributed by atoms with E-state index >= 15 is 0 Å². The quantitative estimate of drug-likeness (QED) is 0.820. The third-order valence-electron chi connectivity index (χ3n) is 4.61. The van der Waals surface area contributed by atoms with Crippen molar-refractivity contribution in [2.45, 2.75) is 18.5 Å². The molecule has 120 valence electrons. The molecule has 0 bridgehead atoms. The molecule has 6 nitrogen and oxygen atoms in total. The van der Waals surface area contributed by atoms with Gasteiger partial charge in [0.25, 0.3) is 0 Å². The van der Waals surface area contributed by atoms with Crippen LogP contribution in [0, 0.1) is 0 Å². The van der Waals surface area contributed by atoms with Gasteiger partial charge in [0.15, 0.2) is 9.84 Å². The molecule has 0 saturated carbocycles. The summed E-state index contributed by atoms with van der Waals surface area (Å²) in [4.78, 5) is 16.3. The van der Waals surface area contributed by atoms with Gasteiger partial charge in [-0.2, -0.15) is 0 Å². The van der Waals surface area contributed by atoms with Gasteiger partial charge in [-0.1, -0.05) is 18.2 Å². The molecule has 2 aliphatic heterocycles. The van der Waals surface area contributed by atoms with E-state index in [1.165, 1.54) is 0 Å². The van der Waals surface area contributed by atoms with Gasteiger partial charge in [0.1, 0.15) is 5.75 Å². The van der Waals surface area contributed by atoms with Gasteiger partial charge >= 0.3 is 0 Å². The molecule has 0 aromatic heterocycles. The number of aromatic hydroxyl groups is 1. The first kappa shape index (κ1) is 15.3. The van der Waals surface area contributed by atoms with Crippen molar-refractivity contribution in [3.05, 3.63) is 29.8 Å². The number of phenols is 1. The Morgan fingerprint density at radius 1 is 1.23 bits per heavy atom. The zero-order chi connectivity index (χ0) is 15.9. The van der Waals surface area contributed by atoms with E-state index in [0.717, 1.165) is 0 Å². The van der Waals surface area contributed by atoms with Crippen molar-refractivity contribution in [3.63, 3.8) is 0 Å². The third kappa shape index (κ3) is 2.83. The van der Waals surface area contributed by atoms with E-state index in [4.69, 9.17) is 0 Å². The highest BCUT2D eigenvalue weighted by Gasteiger charge is 2.46. The highest BCUT2D eigenvalue weighted by molar-refractivity contribution is 7.91. The fourth-order valence-electron chi connectivity index (χ4n) is 3.36. The van der Waals surface area contributed by atoms with Crippen molar-refractivity contribution < 1.29 is 18.3 Å². The second-order valence-corrected chi connectivity index (χ2v) is 8.24. The molecule has 0 radical (unpaired) electrons. The van der Waals surface area contributed by atoms with E-state index in [1.807, 2.05) is 11.9 Å². The molecule has 0 aliphatic carbocycles. The number of benzene rings is 1. The first-order valence-electron chi connectivity index (χ1n) is 7.34. The molecule has 0 spiro atoms. The van der Waals surface area contributed by atoms with Crippen LogP contribution in [0.1, 0.15) is 5.56 Å². The van der Waals surface area contributed by atoms with Gasteiger partial charge in [-0.15, -0.1) is 0 Å². The zero-order valence-electron chi connectivity index (χ0n) is 12.5. The smallest absolute Gasteiger partial charge is 0.227 e. The van der Waals surface area contributed by atoms with E-state index in [1.54, 1.807) is 29.2 Å². The number of hydrogen-bond donors (Lipinski definition) is 1. The molecule has 7 heteroatoms. The number of sulfone groups is 1. The van der Waals surface area contributed by atoms with E-state index < -0.39 is 9.84 Å². The van der Waals surface area contributed by atoms with Gasteiger partial charge in [0.2, 0.25) is 5.91 Å². The summed E-state index contributed by atoms with van der Waals surface area (Å²) in [6.07, 6.45) is 0.0969. The van der Waals surface area contributed by atoms with Crippen molar-refractivity contribution in [1.29, 1.82) is 0 Å². The summed E-state index contributed by atoms with van der Waals surface area (Å²) in [7, 11) is -1.19. The zero-order valence-corrected chi connectivity index (χ0v) is 13.3. The molecule has 2 aliphatic rings. The number of phenolic OH excluding ortho intramolecular Hbond substituents is 1. The largest absolute Gasteiger partial charge is 0.508 e. The predicted octanol–water partition coefficient (Wildman–Crippen LogP) is -0.126. The van der Waals surface area contributed by atoms with Crippen LogP contribution in [0.3, 0.4) is 0 Å². The molecule has 2 heterocycles. The van der Waals surface area contributed by atoms with Gasteiger partial charge in [-0.25, -0.2) is 8.42 Å². The molecular weight excluding hydrogens is 304 g/mol. The number of fused-ring (bicyclic) bond motifs is 1. The Hall–Kier alpha value is -1.60. The molecule has 22 heavy (non-hydrogen) atoms. The second-order valence-electron chi connectivity index (χ2n) is 6.08. The minimum Gasteiger partial charge on any atom is -0.508 e.